The molecule has 0 unspecified atom stereocenters. The first-order chi connectivity index (χ1) is 9.83. The molecule has 0 aliphatic carbocycles. The van der Waals surface area contributed by atoms with Gasteiger partial charge in [0.2, 0.25) is 0 Å². The van der Waals surface area contributed by atoms with Crippen LogP contribution in [0, 0.1) is 10.1 Å². The van der Waals surface area contributed by atoms with Crippen LogP contribution in [-0.4, -0.2) is 29.1 Å². The summed E-state index contributed by atoms with van der Waals surface area (Å²) in [6, 6.07) is 7.61. The zero-order chi connectivity index (χ0) is 16.0. The first-order valence-corrected chi connectivity index (χ1v) is 6.39. The molecule has 0 saturated heterocycles. The van der Waals surface area contributed by atoms with Gasteiger partial charge < -0.3 is 4.74 Å². The maximum Gasteiger partial charge on any atom is 0.461 e. The van der Waals surface area contributed by atoms with E-state index in [-0.39, 0.29) is 12.2 Å². The number of alkyl halides is 1. The summed E-state index contributed by atoms with van der Waals surface area (Å²) in [4.78, 5) is 32.9. The molecule has 0 aliphatic rings. The van der Waals surface area contributed by atoms with E-state index >= 15 is 0 Å². The lowest BCUT2D eigenvalue weighted by Gasteiger charge is -2.24. The average Bonchev–Trinajstić information content (AvgIpc) is 2.44. The quantitative estimate of drug-likeness (QED) is 0.333. The Morgan fingerprint density at radius 2 is 1.95 bits per heavy atom. The maximum atomic E-state index is 14.9. The van der Waals surface area contributed by atoms with E-state index in [2.05, 4.69) is 4.74 Å². The van der Waals surface area contributed by atoms with Gasteiger partial charge in [-0.2, -0.15) is 4.39 Å². The largest absolute Gasteiger partial charge is 0.461 e. The lowest BCUT2D eigenvalue weighted by atomic mass is 9.85. The minimum Gasteiger partial charge on any atom is -0.458 e. The van der Waals surface area contributed by atoms with Crippen molar-refractivity contribution in [1.29, 1.82) is 0 Å². The van der Waals surface area contributed by atoms with Crippen LogP contribution in [0.4, 0.5) is 4.39 Å². The Kier molecular flexibility index (Phi) is 5.52. The third kappa shape index (κ3) is 3.62. The molecule has 1 aromatic carbocycles. The monoisotopic (exact) mass is 297 g/mol. The zero-order valence-corrected chi connectivity index (χ0v) is 11.7. The number of nitrogens with zero attached hydrogens (tertiary/aromatic N) is 1. The van der Waals surface area contributed by atoms with Gasteiger partial charge in [-0.25, -0.2) is 4.79 Å². The van der Waals surface area contributed by atoms with Crippen LogP contribution in [-0.2, 0) is 14.3 Å². The molecule has 1 aromatic rings. The number of rotatable bonds is 7. The molecule has 7 heteroatoms. The molecular formula is C14H16FNO5. The summed E-state index contributed by atoms with van der Waals surface area (Å²) in [5.74, 6) is -7.09. The molecule has 114 valence electrons. The van der Waals surface area contributed by atoms with E-state index in [1.54, 1.807) is 18.2 Å². The number of benzene rings is 1. The van der Waals surface area contributed by atoms with E-state index < -0.39 is 34.8 Å². The van der Waals surface area contributed by atoms with Gasteiger partial charge >= 0.3 is 11.8 Å². The molecule has 21 heavy (non-hydrogen) atoms. The van der Waals surface area contributed by atoms with E-state index in [1.807, 2.05) is 0 Å². The van der Waals surface area contributed by atoms with Crippen LogP contribution in [0.5, 0.6) is 0 Å². The molecule has 0 aromatic heterocycles. The minimum absolute atomic E-state index is 0.194. The number of carbonyl (C=O) groups is 2. The summed E-state index contributed by atoms with van der Waals surface area (Å²) in [6.45, 7) is 2.40. The predicted octanol–water partition coefficient (Wildman–Crippen LogP) is 2.25. The summed E-state index contributed by atoms with van der Waals surface area (Å²) in [6.07, 6.45) is -0.472. The smallest absolute Gasteiger partial charge is 0.458 e. The number of halogens is 1. The number of esters is 1. The fourth-order valence-electron chi connectivity index (χ4n) is 2.02. The van der Waals surface area contributed by atoms with Crippen molar-refractivity contribution in [3.8, 4) is 0 Å². The van der Waals surface area contributed by atoms with Crippen molar-refractivity contribution in [2.24, 2.45) is 0 Å². The van der Waals surface area contributed by atoms with Crippen molar-refractivity contribution in [2.75, 3.05) is 6.61 Å². The molecule has 0 radical (unpaired) electrons. The second-order valence-electron chi connectivity index (χ2n) is 4.52. The van der Waals surface area contributed by atoms with Crippen LogP contribution >= 0.6 is 0 Å². The zero-order valence-electron chi connectivity index (χ0n) is 11.7. The molecule has 0 heterocycles. The number of hydrogen-bond acceptors (Lipinski definition) is 5. The SMILES string of the molecule is CCOC(=O)[C@@](F)([C@H](CC(C)=O)c1ccccc1)[N+](=O)[O-]. The van der Waals surface area contributed by atoms with Crippen molar-refractivity contribution in [2.45, 2.75) is 32.0 Å². The van der Waals surface area contributed by atoms with E-state index in [9.17, 15) is 24.1 Å². The molecule has 0 fully saturated rings. The van der Waals surface area contributed by atoms with Gasteiger partial charge in [0.1, 0.15) is 11.7 Å². The third-order valence-electron chi connectivity index (χ3n) is 2.98. The number of carbonyl (C=O) groups excluding carboxylic acids is 2. The molecule has 0 N–H and O–H groups in total. The van der Waals surface area contributed by atoms with Crippen LogP contribution in [0.15, 0.2) is 30.3 Å². The van der Waals surface area contributed by atoms with Gasteiger partial charge in [0, 0.05) is 6.42 Å². The van der Waals surface area contributed by atoms with Crippen LogP contribution in [0.1, 0.15) is 31.7 Å². The number of Topliss-reactive ketones (excluding diaryl/α,β-unsaturated/α-hetero) is 1. The standard InChI is InChI=1S/C14H16FNO5/c1-3-21-13(18)14(15,16(19)20)12(9-10(2)17)11-7-5-4-6-8-11/h4-8,12H,3,9H2,1-2H3/t12-,14-/m1/s1. The van der Waals surface area contributed by atoms with Gasteiger partial charge in [-0.05, 0) is 19.4 Å². The molecule has 0 spiro atoms. The van der Waals surface area contributed by atoms with Gasteiger partial charge in [0.25, 0.3) is 0 Å². The Bertz CT molecular complexity index is 533. The average molecular weight is 297 g/mol. The van der Waals surface area contributed by atoms with Gasteiger partial charge in [0.15, 0.2) is 0 Å². The highest BCUT2D eigenvalue weighted by molar-refractivity contribution is 5.82. The van der Waals surface area contributed by atoms with E-state index in [0.29, 0.717) is 0 Å². The molecule has 0 bridgehead atoms. The van der Waals surface area contributed by atoms with Crippen molar-refractivity contribution in [3.05, 3.63) is 46.0 Å². The van der Waals surface area contributed by atoms with Gasteiger partial charge in [-0.1, -0.05) is 30.3 Å². The van der Waals surface area contributed by atoms with E-state index in [1.165, 1.54) is 26.0 Å². The van der Waals surface area contributed by atoms with Crippen molar-refractivity contribution in [3.63, 3.8) is 0 Å². The third-order valence-corrected chi connectivity index (χ3v) is 2.98. The maximum absolute atomic E-state index is 14.9. The molecule has 1 rings (SSSR count). The fraction of sp³-hybridized carbons (Fsp3) is 0.429. The Morgan fingerprint density at radius 1 is 1.38 bits per heavy atom. The topological polar surface area (TPSA) is 86.5 Å². The highest BCUT2D eigenvalue weighted by atomic mass is 19.1. The minimum atomic E-state index is -3.50. The second kappa shape index (κ2) is 6.92. The summed E-state index contributed by atoms with van der Waals surface area (Å²) in [7, 11) is 0. The highest BCUT2D eigenvalue weighted by Gasteiger charge is 2.61. The van der Waals surface area contributed by atoms with Crippen LogP contribution < -0.4 is 0 Å². The predicted molar refractivity (Wildman–Crippen MR) is 71.9 cm³/mol. The molecular weight excluding hydrogens is 281 g/mol. The lowest BCUT2D eigenvalue weighted by molar-refractivity contribution is -0.594. The molecule has 0 aliphatic heterocycles. The van der Waals surface area contributed by atoms with E-state index in [4.69, 9.17) is 0 Å². The number of ether oxygens (including phenoxy) is 1. The second-order valence-corrected chi connectivity index (χ2v) is 4.52. The lowest BCUT2D eigenvalue weighted by Crippen LogP contribution is -2.49. The Morgan fingerprint density at radius 3 is 2.38 bits per heavy atom. The molecule has 2 atom stereocenters. The van der Waals surface area contributed by atoms with E-state index in [0.717, 1.165) is 0 Å². The van der Waals surface area contributed by atoms with Gasteiger partial charge in [-0.15, -0.1) is 0 Å². The van der Waals surface area contributed by atoms with Crippen molar-refractivity contribution < 1.29 is 23.6 Å². The van der Waals surface area contributed by atoms with Crippen molar-refractivity contribution in [1.82, 2.24) is 0 Å². The Balaban J connectivity index is 3.34. The number of ketones is 1. The van der Waals surface area contributed by atoms with Crippen molar-refractivity contribution >= 4 is 11.8 Å². The summed E-state index contributed by atoms with van der Waals surface area (Å²) < 4.78 is 19.4. The molecule has 0 amide bonds. The van der Waals surface area contributed by atoms with Crippen LogP contribution in [0.2, 0.25) is 0 Å². The Hall–Kier alpha value is -2.31. The highest BCUT2D eigenvalue weighted by Crippen LogP contribution is 2.36. The van der Waals surface area contributed by atoms with Crippen LogP contribution in [0.25, 0.3) is 0 Å². The summed E-state index contributed by atoms with van der Waals surface area (Å²) >= 11 is 0. The summed E-state index contributed by atoms with van der Waals surface area (Å²) in [5, 5.41) is 11.2. The number of nitro groups is 1. The first-order valence-electron chi connectivity index (χ1n) is 6.39. The van der Waals surface area contributed by atoms with Gasteiger partial charge in [0.05, 0.1) is 11.5 Å². The van der Waals surface area contributed by atoms with Crippen LogP contribution in [0.3, 0.4) is 0 Å². The normalized spacial score (nSPS) is 14.8. The van der Waals surface area contributed by atoms with Gasteiger partial charge in [-0.3, -0.25) is 14.9 Å². The Labute approximate surface area is 121 Å². The fourth-order valence-corrected chi connectivity index (χ4v) is 2.02. The first kappa shape index (κ1) is 16.7. The molecule has 6 nitrogen and oxygen atoms in total. The molecule has 0 saturated carbocycles. The summed E-state index contributed by atoms with van der Waals surface area (Å²) in [5.41, 5.74) is 0.194. The number of hydrogen-bond donors (Lipinski definition) is 0.